The lowest BCUT2D eigenvalue weighted by atomic mass is 9.79. The molecular weight excluding hydrogens is 817 g/mol. The van der Waals surface area contributed by atoms with E-state index in [-0.39, 0.29) is 0 Å². The van der Waals surface area contributed by atoms with Gasteiger partial charge in [-0.15, -0.1) is 0 Å². The maximum Gasteiger partial charge on any atom is -0.000720 e. The van der Waals surface area contributed by atoms with Crippen LogP contribution in [-0.2, 0) is 6.42 Å². The monoisotopic (exact) mass is 870 g/mol. The third-order valence-corrected chi connectivity index (χ3v) is 14.7. The van der Waals surface area contributed by atoms with Crippen molar-refractivity contribution in [3.05, 3.63) is 223 Å². The first kappa shape index (κ1) is 41.6. The Morgan fingerprint density at radius 3 is 1.71 bits per heavy atom. The highest BCUT2D eigenvalue weighted by atomic mass is 14.3. The van der Waals surface area contributed by atoms with Crippen molar-refractivity contribution < 1.29 is 0 Å². The molecule has 326 valence electrons. The van der Waals surface area contributed by atoms with E-state index in [9.17, 15) is 0 Å². The Bertz CT molecular complexity index is 3960. The van der Waals surface area contributed by atoms with Crippen molar-refractivity contribution in [2.45, 2.75) is 53.4 Å². The van der Waals surface area contributed by atoms with Gasteiger partial charge in [-0.3, -0.25) is 0 Å². The molecule has 13 rings (SSSR count). The molecule has 0 nitrogen and oxygen atoms in total. The Morgan fingerprint density at radius 1 is 0.456 bits per heavy atom. The van der Waals surface area contributed by atoms with Crippen molar-refractivity contribution in [1.29, 1.82) is 0 Å². The fourth-order valence-corrected chi connectivity index (χ4v) is 12.1. The predicted molar refractivity (Wildman–Crippen MR) is 300 cm³/mol. The molecule has 0 atom stereocenters. The average molecular weight is 871 g/mol. The lowest BCUT2D eigenvalue weighted by Crippen LogP contribution is -2.04. The molecule has 11 aromatic rings. The molecule has 68 heavy (non-hydrogen) atoms. The van der Waals surface area contributed by atoms with Crippen molar-refractivity contribution in [3.8, 4) is 33.4 Å². The second-order valence-electron chi connectivity index (χ2n) is 18.2. The van der Waals surface area contributed by atoms with Crippen LogP contribution < -0.4 is 0 Å². The Kier molecular flexibility index (Phi) is 10.5. The number of hydrogen-bond acceptors (Lipinski definition) is 0. The van der Waals surface area contributed by atoms with Crippen LogP contribution in [0.5, 0.6) is 0 Å². The Balaban J connectivity index is 0.00000237. The first-order chi connectivity index (χ1) is 33.7. The molecule has 0 heteroatoms. The van der Waals surface area contributed by atoms with Crippen LogP contribution in [0.4, 0.5) is 0 Å². The largest absolute Gasteiger partial charge is 0.0876 e. The lowest BCUT2D eigenvalue weighted by Gasteiger charge is -2.24. The summed E-state index contributed by atoms with van der Waals surface area (Å²) >= 11 is 0. The van der Waals surface area contributed by atoms with E-state index in [1.807, 2.05) is 13.8 Å². The number of benzene rings is 9. The van der Waals surface area contributed by atoms with Crippen molar-refractivity contribution >= 4 is 92.6 Å². The molecule has 0 aromatic heterocycles. The zero-order chi connectivity index (χ0) is 45.9. The van der Waals surface area contributed by atoms with Gasteiger partial charge in [0.2, 0.25) is 0 Å². The molecular formula is C68H54. The molecule has 0 fully saturated rings. The number of rotatable bonds is 7. The molecule has 0 unspecified atom stereocenters. The van der Waals surface area contributed by atoms with Gasteiger partial charge in [-0.2, -0.15) is 0 Å². The first-order valence-corrected chi connectivity index (χ1v) is 24.8. The number of allylic oxidation sites excluding steroid dienone is 11. The van der Waals surface area contributed by atoms with E-state index < -0.39 is 0 Å². The Morgan fingerprint density at radius 2 is 1.04 bits per heavy atom. The predicted octanol–water partition coefficient (Wildman–Crippen LogP) is 19.9. The van der Waals surface area contributed by atoms with Gasteiger partial charge < -0.3 is 0 Å². The Labute approximate surface area is 399 Å². The van der Waals surface area contributed by atoms with Crippen LogP contribution in [0.3, 0.4) is 0 Å². The summed E-state index contributed by atoms with van der Waals surface area (Å²) in [6.45, 7) is 8.26. The van der Waals surface area contributed by atoms with E-state index in [0.29, 0.717) is 0 Å². The normalized spacial score (nSPS) is 14.2. The second kappa shape index (κ2) is 17.1. The smallest absolute Gasteiger partial charge is 0.000720 e. The molecule has 2 aliphatic carbocycles. The molecule has 0 spiro atoms. The molecule has 0 aliphatic heterocycles. The molecule has 0 saturated heterocycles. The molecule has 0 N–H and O–H groups in total. The minimum atomic E-state index is 0.989. The van der Waals surface area contributed by atoms with E-state index in [1.165, 1.54) is 142 Å². The van der Waals surface area contributed by atoms with E-state index >= 15 is 0 Å². The summed E-state index contributed by atoms with van der Waals surface area (Å²) in [6.07, 6.45) is 27.1. The highest BCUT2D eigenvalue weighted by molar-refractivity contribution is 6.44. The van der Waals surface area contributed by atoms with Crippen LogP contribution in [0.1, 0.15) is 69.2 Å². The zero-order valence-corrected chi connectivity index (χ0v) is 39.5. The van der Waals surface area contributed by atoms with Crippen LogP contribution in [0, 0.1) is 0 Å². The fraction of sp³-hybridized carbons (Fsp3) is 0.118. The minimum Gasteiger partial charge on any atom is -0.0876 e. The fourth-order valence-electron chi connectivity index (χ4n) is 12.1. The maximum absolute atomic E-state index is 2.59. The van der Waals surface area contributed by atoms with Gasteiger partial charge in [-0.1, -0.05) is 208 Å². The summed E-state index contributed by atoms with van der Waals surface area (Å²) in [5.74, 6) is 0. The van der Waals surface area contributed by atoms with Crippen molar-refractivity contribution in [3.63, 3.8) is 0 Å². The first-order valence-electron chi connectivity index (χ1n) is 24.8. The van der Waals surface area contributed by atoms with Crippen LogP contribution >= 0.6 is 0 Å². The topological polar surface area (TPSA) is 0 Å². The van der Waals surface area contributed by atoms with E-state index in [0.717, 1.165) is 25.7 Å². The van der Waals surface area contributed by atoms with Crippen LogP contribution in [-0.4, -0.2) is 0 Å². The quantitative estimate of drug-likeness (QED) is 0.111. The molecule has 0 heterocycles. The SMILES string of the molecule is CC.C\C=C/C=C(\C=C/C)c1c2c(c(-c3ccccc3-c3ccccc3)c3c4cc5c(cc6c7c(-c8ccccc8)ccc(C8=CC=CCC8)c7c7cccc5c76)c5cccc(c13)c54)C=CCC2. The van der Waals surface area contributed by atoms with E-state index in [4.69, 9.17) is 0 Å². The van der Waals surface area contributed by atoms with Crippen molar-refractivity contribution in [1.82, 2.24) is 0 Å². The summed E-state index contributed by atoms with van der Waals surface area (Å²) in [5.41, 5.74) is 15.9. The standard InChI is InChI=1S/C66H48.C2H6/c1-3-5-22-44(21-4-2)59-49-31-17-18-32-50(49)64(48-30-16-15-29-45(48)41-23-9-6-10-24-41)66-58-40-56-51-33-19-35-53-60(51)57(39-55(56)52-34-20-36-54(61(52)58)65(59)66)63-47(43-27-13-8-14-28-43)38-37-46(62(53)63)42-25-11-7-12-26-42;1-2/h3-11,13-16,18-25,27-30,32-40H,12,17,26,31H2,1-2H3;1-2H3/b5-3-,21-4-,44-22+;. The summed E-state index contributed by atoms with van der Waals surface area (Å²) < 4.78 is 0. The third-order valence-electron chi connectivity index (χ3n) is 14.7. The van der Waals surface area contributed by atoms with Crippen LogP contribution in [0.15, 0.2) is 200 Å². The summed E-state index contributed by atoms with van der Waals surface area (Å²) in [7, 11) is 0. The molecule has 0 bridgehead atoms. The van der Waals surface area contributed by atoms with Crippen LogP contribution in [0.25, 0.3) is 126 Å². The van der Waals surface area contributed by atoms with Gasteiger partial charge in [0.25, 0.3) is 0 Å². The molecule has 11 aromatic carbocycles. The second-order valence-corrected chi connectivity index (χ2v) is 18.2. The van der Waals surface area contributed by atoms with Crippen molar-refractivity contribution in [2.75, 3.05) is 0 Å². The van der Waals surface area contributed by atoms with Gasteiger partial charge >= 0.3 is 0 Å². The van der Waals surface area contributed by atoms with Crippen LogP contribution in [0.2, 0.25) is 0 Å². The molecule has 0 radical (unpaired) electrons. The maximum atomic E-state index is 2.59. The summed E-state index contributed by atoms with van der Waals surface area (Å²) in [6, 6.07) is 55.3. The number of fused-ring (bicyclic) bond motifs is 10. The number of hydrogen-bond donors (Lipinski definition) is 0. The average Bonchev–Trinajstić information content (AvgIpc) is 3.92. The van der Waals surface area contributed by atoms with E-state index in [1.54, 1.807) is 0 Å². The molecule has 2 aliphatic rings. The van der Waals surface area contributed by atoms with Gasteiger partial charge in [0.1, 0.15) is 0 Å². The zero-order valence-electron chi connectivity index (χ0n) is 39.5. The highest BCUT2D eigenvalue weighted by Crippen LogP contribution is 2.55. The van der Waals surface area contributed by atoms with E-state index in [2.05, 4.69) is 220 Å². The third kappa shape index (κ3) is 6.28. The van der Waals surface area contributed by atoms with Crippen molar-refractivity contribution in [2.24, 2.45) is 0 Å². The minimum absolute atomic E-state index is 0.989. The van der Waals surface area contributed by atoms with Gasteiger partial charge in [0, 0.05) is 0 Å². The van der Waals surface area contributed by atoms with Gasteiger partial charge in [0.15, 0.2) is 0 Å². The van der Waals surface area contributed by atoms with Gasteiger partial charge in [-0.05, 0) is 194 Å². The summed E-state index contributed by atoms with van der Waals surface area (Å²) in [4.78, 5) is 0. The highest BCUT2D eigenvalue weighted by Gasteiger charge is 2.29. The van der Waals surface area contributed by atoms with Gasteiger partial charge in [0.05, 0.1) is 0 Å². The Hall–Kier alpha value is -7.80. The summed E-state index contributed by atoms with van der Waals surface area (Å²) in [5, 5.41) is 18.8. The molecule has 0 saturated carbocycles. The lowest BCUT2D eigenvalue weighted by molar-refractivity contribution is 0.985. The van der Waals surface area contributed by atoms with Gasteiger partial charge in [-0.25, -0.2) is 0 Å². The molecule has 0 amide bonds.